The topological polar surface area (TPSA) is 84.9 Å². The number of nitrogens with one attached hydrogen (secondary N) is 1. The van der Waals surface area contributed by atoms with E-state index in [1.54, 1.807) is 43.3 Å². The molecule has 2 aromatic rings. The van der Waals surface area contributed by atoms with Crippen molar-refractivity contribution >= 4 is 44.5 Å². The predicted octanol–water partition coefficient (Wildman–Crippen LogP) is 4.06. The molecule has 0 bridgehead atoms. The molecule has 0 unspecified atom stereocenters. The summed E-state index contributed by atoms with van der Waals surface area (Å²) in [6, 6.07) is 9.62. The first-order chi connectivity index (χ1) is 14.2. The number of hydrogen-bond acceptors (Lipinski definition) is 5. The molecular formula is C21H21ClN2O5S. The van der Waals surface area contributed by atoms with Crippen molar-refractivity contribution in [1.29, 1.82) is 0 Å². The van der Waals surface area contributed by atoms with E-state index in [0.717, 1.165) is 4.31 Å². The maximum absolute atomic E-state index is 13.4. The van der Waals surface area contributed by atoms with Crippen LogP contribution in [-0.2, 0) is 14.8 Å². The number of ether oxygens (including phenoxy) is 2. The number of rotatable bonds is 6. The predicted molar refractivity (Wildman–Crippen MR) is 119 cm³/mol. The fourth-order valence-electron chi connectivity index (χ4n) is 3.25. The Morgan fingerprint density at radius 3 is 2.33 bits per heavy atom. The van der Waals surface area contributed by atoms with Gasteiger partial charge >= 0.3 is 0 Å². The molecule has 30 heavy (non-hydrogen) atoms. The lowest BCUT2D eigenvalue weighted by molar-refractivity contribution is -0.112. The lowest BCUT2D eigenvalue weighted by Crippen LogP contribution is -2.39. The minimum absolute atomic E-state index is 0.0180. The van der Waals surface area contributed by atoms with Crippen molar-refractivity contribution in [1.82, 2.24) is 0 Å². The van der Waals surface area contributed by atoms with E-state index in [-0.39, 0.29) is 11.4 Å². The highest BCUT2D eigenvalue weighted by molar-refractivity contribution is 7.97. The van der Waals surface area contributed by atoms with Crippen LogP contribution in [0.1, 0.15) is 12.5 Å². The van der Waals surface area contributed by atoms with Crippen LogP contribution in [0, 0.1) is 0 Å². The first kappa shape index (κ1) is 21.7. The molecule has 0 fully saturated rings. The van der Waals surface area contributed by atoms with Gasteiger partial charge in [0.15, 0.2) is 16.4 Å². The summed E-state index contributed by atoms with van der Waals surface area (Å²) in [5.41, 5.74) is 1.66. The maximum atomic E-state index is 13.4. The molecule has 0 atom stereocenters. The molecular weight excluding hydrogens is 428 g/mol. The molecule has 0 aromatic heterocycles. The quantitative estimate of drug-likeness (QED) is 0.673. The number of benzene rings is 2. The normalized spacial score (nSPS) is 14.7. The molecule has 0 aliphatic carbocycles. The van der Waals surface area contributed by atoms with Crippen LogP contribution in [0.4, 0.5) is 11.4 Å². The Labute approximate surface area is 180 Å². The van der Waals surface area contributed by atoms with Crippen molar-refractivity contribution in [2.24, 2.45) is 0 Å². The second-order valence-electron chi connectivity index (χ2n) is 6.46. The number of halogens is 1. The van der Waals surface area contributed by atoms with Crippen molar-refractivity contribution in [2.45, 2.75) is 6.92 Å². The molecule has 1 N–H and O–H groups in total. The van der Waals surface area contributed by atoms with E-state index in [2.05, 4.69) is 11.9 Å². The number of fused-ring (bicyclic) bond motifs is 1. The number of allylic oxidation sites excluding steroid dienone is 1. The van der Waals surface area contributed by atoms with Crippen LogP contribution in [0.15, 0.2) is 54.0 Å². The molecule has 158 valence electrons. The van der Waals surface area contributed by atoms with Crippen LogP contribution < -0.4 is 19.1 Å². The van der Waals surface area contributed by atoms with Crippen LogP contribution >= 0.6 is 11.6 Å². The van der Waals surface area contributed by atoms with Gasteiger partial charge in [-0.1, -0.05) is 17.7 Å². The van der Waals surface area contributed by atoms with E-state index in [0.29, 0.717) is 39.0 Å². The van der Waals surface area contributed by atoms with Crippen molar-refractivity contribution in [3.05, 3.63) is 64.5 Å². The monoisotopic (exact) mass is 448 g/mol. The van der Waals surface area contributed by atoms with Gasteiger partial charge in [-0.05, 0) is 42.8 Å². The zero-order chi connectivity index (χ0) is 22.1. The summed E-state index contributed by atoms with van der Waals surface area (Å²) >= 11 is 5.87. The zero-order valence-corrected chi connectivity index (χ0v) is 18.3. The molecule has 9 heteroatoms. The van der Waals surface area contributed by atoms with Gasteiger partial charge in [-0.15, -0.1) is 6.58 Å². The third-order valence-electron chi connectivity index (χ3n) is 4.67. The second-order valence-corrected chi connectivity index (χ2v) is 8.70. The number of methoxy groups -OCH3 is 2. The zero-order valence-electron chi connectivity index (χ0n) is 16.7. The third-order valence-corrected chi connectivity index (χ3v) is 6.85. The van der Waals surface area contributed by atoms with E-state index in [1.807, 2.05) is 0 Å². The summed E-state index contributed by atoms with van der Waals surface area (Å²) in [7, 11) is -1.20. The Bertz CT molecular complexity index is 1140. The van der Waals surface area contributed by atoms with E-state index in [4.69, 9.17) is 21.1 Å². The molecule has 1 heterocycles. The Kier molecular flexibility index (Phi) is 6.09. The first-order valence-electron chi connectivity index (χ1n) is 8.92. The van der Waals surface area contributed by atoms with Gasteiger partial charge in [0.2, 0.25) is 0 Å². The summed E-state index contributed by atoms with van der Waals surface area (Å²) in [6.45, 7) is 5.21. The number of hydrogen-bond donors (Lipinski definition) is 1. The summed E-state index contributed by atoms with van der Waals surface area (Å²) in [5, 5.41) is 3.13. The van der Waals surface area contributed by atoms with Crippen LogP contribution in [0.25, 0.3) is 5.57 Å². The summed E-state index contributed by atoms with van der Waals surface area (Å²) in [4.78, 5) is 12.7. The van der Waals surface area contributed by atoms with Gasteiger partial charge in [-0.2, -0.15) is 0 Å². The van der Waals surface area contributed by atoms with Crippen molar-refractivity contribution in [3.8, 4) is 11.5 Å². The summed E-state index contributed by atoms with van der Waals surface area (Å²) in [6.07, 6.45) is 1.45. The van der Waals surface area contributed by atoms with Gasteiger partial charge in [-0.3, -0.25) is 9.10 Å². The standard InChI is InChI=1S/C21H21ClN2O5S/c1-5-10-24-17-12-19(29-4)18(28-3)11-16(17)13(2)20(30(24,26)27)21(25)23-15-8-6-14(22)7-9-15/h5-9,11-12H,1,10H2,2-4H3,(H,23,25). The fraction of sp³-hybridized carbons (Fsp3) is 0.190. The maximum Gasteiger partial charge on any atom is 0.270 e. The highest BCUT2D eigenvalue weighted by Crippen LogP contribution is 2.45. The van der Waals surface area contributed by atoms with Gasteiger partial charge in [0.05, 0.1) is 26.5 Å². The van der Waals surface area contributed by atoms with Crippen LogP contribution in [0.2, 0.25) is 5.02 Å². The first-order valence-corrected chi connectivity index (χ1v) is 10.7. The SMILES string of the molecule is C=CCN1c2cc(OC)c(OC)cc2C(C)=C(C(=O)Nc2ccc(Cl)cc2)S1(=O)=O. The van der Waals surface area contributed by atoms with Crippen molar-refractivity contribution in [3.63, 3.8) is 0 Å². The van der Waals surface area contributed by atoms with Gasteiger partial charge < -0.3 is 14.8 Å². The number of carbonyl (C=O) groups is 1. The Balaban J connectivity index is 2.19. The van der Waals surface area contributed by atoms with E-state index >= 15 is 0 Å². The van der Waals surface area contributed by atoms with Gasteiger partial charge in [-0.25, -0.2) is 8.42 Å². The molecule has 7 nitrogen and oxygen atoms in total. The van der Waals surface area contributed by atoms with Crippen LogP contribution in [-0.4, -0.2) is 35.1 Å². The molecule has 0 radical (unpaired) electrons. The number of anilines is 2. The second kappa shape index (κ2) is 8.41. The average molecular weight is 449 g/mol. The van der Waals surface area contributed by atoms with E-state index in [1.165, 1.54) is 20.3 Å². The molecule has 1 aliphatic rings. The highest BCUT2D eigenvalue weighted by atomic mass is 35.5. The highest BCUT2D eigenvalue weighted by Gasteiger charge is 2.39. The molecule has 3 rings (SSSR count). The molecule has 2 aromatic carbocycles. The van der Waals surface area contributed by atoms with Crippen LogP contribution in [0.5, 0.6) is 11.5 Å². The van der Waals surface area contributed by atoms with Crippen molar-refractivity contribution < 1.29 is 22.7 Å². The number of amides is 1. The largest absolute Gasteiger partial charge is 0.493 e. The lowest BCUT2D eigenvalue weighted by Gasteiger charge is -2.32. The minimum Gasteiger partial charge on any atom is -0.493 e. The number of nitrogens with zero attached hydrogens (tertiary/aromatic N) is 1. The molecule has 1 aliphatic heterocycles. The number of sulfonamides is 1. The van der Waals surface area contributed by atoms with Gasteiger partial charge in [0, 0.05) is 22.3 Å². The Hall–Kier alpha value is -2.97. The van der Waals surface area contributed by atoms with Crippen molar-refractivity contribution in [2.75, 3.05) is 30.4 Å². The molecule has 0 spiro atoms. The fourth-order valence-corrected chi connectivity index (χ4v) is 5.09. The molecule has 1 amide bonds. The summed E-state index contributed by atoms with van der Waals surface area (Å²) in [5.74, 6) is 0.0533. The van der Waals surface area contributed by atoms with E-state index in [9.17, 15) is 13.2 Å². The molecule has 0 saturated carbocycles. The third kappa shape index (κ3) is 3.76. The average Bonchev–Trinajstić information content (AvgIpc) is 2.71. The smallest absolute Gasteiger partial charge is 0.270 e. The van der Waals surface area contributed by atoms with Gasteiger partial charge in [0.1, 0.15) is 0 Å². The summed E-state index contributed by atoms with van der Waals surface area (Å²) < 4.78 is 38.6. The van der Waals surface area contributed by atoms with Crippen LogP contribution in [0.3, 0.4) is 0 Å². The Morgan fingerprint density at radius 2 is 1.77 bits per heavy atom. The minimum atomic E-state index is -4.15. The Morgan fingerprint density at radius 1 is 1.17 bits per heavy atom. The van der Waals surface area contributed by atoms with Gasteiger partial charge in [0.25, 0.3) is 15.9 Å². The van der Waals surface area contributed by atoms with E-state index < -0.39 is 15.9 Å². The molecule has 0 saturated heterocycles. The lowest BCUT2D eigenvalue weighted by atomic mass is 10.0. The number of carbonyl (C=O) groups excluding carboxylic acids is 1.